The normalized spacial score (nSPS) is 46.4. The van der Waals surface area contributed by atoms with Gasteiger partial charge < -0.3 is 4.74 Å². The highest BCUT2D eigenvalue weighted by molar-refractivity contribution is 5.17. The topological polar surface area (TPSA) is 27.1 Å². The van der Waals surface area contributed by atoms with Crippen LogP contribution in [0, 0.1) is 23.2 Å². The molecule has 0 N–H and O–H groups in total. The third kappa shape index (κ3) is 2.16. The van der Waals surface area contributed by atoms with Gasteiger partial charge in [0.25, 0.3) is 0 Å². The standard InChI is InChI=1S/C19H30N2O/c1-5-22-19-11-16(3)8-17(4,12-19)10-18(9-16,13-19)14-21-15(2)6-7-20-21/h6-7H,5,8-14H2,1-4H3. The molecule has 5 rings (SSSR count). The summed E-state index contributed by atoms with van der Waals surface area (Å²) in [4.78, 5) is 0. The van der Waals surface area contributed by atoms with Crippen LogP contribution in [0.5, 0.6) is 0 Å². The lowest BCUT2D eigenvalue weighted by molar-refractivity contribution is -0.246. The molecule has 0 aliphatic heterocycles. The predicted molar refractivity (Wildman–Crippen MR) is 87.7 cm³/mol. The monoisotopic (exact) mass is 302 g/mol. The molecule has 1 heterocycles. The maximum absolute atomic E-state index is 6.42. The van der Waals surface area contributed by atoms with Gasteiger partial charge in [-0.1, -0.05) is 13.8 Å². The summed E-state index contributed by atoms with van der Waals surface area (Å²) in [5, 5.41) is 4.58. The lowest BCUT2D eigenvalue weighted by atomic mass is 9.39. The van der Waals surface area contributed by atoms with E-state index in [-0.39, 0.29) is 5.60 Å². The molecule has 2 atom stereocenters. The fourth-order valence-corrected chi connectivity index (χ4v) is 7.34. The van der Waals surface area contributed by atoms with Gasteiger partial charge in [0, 0.05) is 25.0 Å². The smallest absolute Gasteiger partial charge is 0.0698 e. The molecule has 3 nitrogen and oxygen atoms in total. The van der Waals surface area contributed by atoms with E-state index < -0.39 is 0 Å². The fourth-order valence-electron chi connectivity index (χ4n) is 7.34. The molecule has 0 radical (unpaired) electrons. The highest BCUT2D eigenvalue weighted by Gasteiger charge is 2.66. The number of aromatic nitrogens is 2. The van der Waals surface area contributed by atoms with Crippen molar-refractivity contribution in [2.24, 2.45) is 16.2 Å². The van der Waals surface area contributed by atoms with E-state index in [1.165, 1.54) is 44.2 Å². The Kier molecular flexibility index (Phi) is 2.93. The second-order valence-electron chi connectivity index (χ2n) is 9.43. The molecule has 1 aromatic heterocycles. The van der Waals surface area contributed by atoms with Crippen LogP contribution >= 0.6 is 0 Å². The average Bonchev–Trinajstić information content (AvgIpc) is 2.69. The zero-order valence-electron chi connectivity index (χ0n) is 14.6. The number of nitrogens with zero attached hydrogens (tertiary/aromatic N) is 2. The van der Waals surface area contributed by atoms with Crippen molar-refractivity contribution >= 4 is 0 Å². The van der Waals surface area contributed by atoms with Crippen LogP contribution in [0.3, 0.4) is 0 Å². The lowest BCUT2D eigenvalue weighted by Gasteiger charge is -2.69. The molecule has 2 unspecified atom stereocenters. The molecule has 0 amide bonds. The second kappa shape index (κ2) is 4.37. The molecular formula is C19H30N2O. The summed E-state index contributed by atoms with van der Waals surface area (Å²) < 4.78 is 8.65. The summed E-state index contributed by atoms with van der Waals surface area (Å²) in [6, 6.07) is 2.13. The van der Waals surface area contributed by atoms with Gasteiger partial charge in [0.2, 0.25) is 0 Å². The Morgan fingerprint density at radius 1 is 1.09 bits per heavy atom. The summed E-state index contributed by atoms with van der Waals surface area (Å²) in [5.41, 5.74) is 2.72. The molecule has 3 heteroatoms. The van der Waals surface area contributed by atoms with E-state index in [1.54, 1.807) is 0 Å². The third-order valence-corrected chi connectivity index (χ3v) is 6.52. The van der Waals surface area contributed by atoms with Crippen molar-refractivity contribution in [3.05, 3.63) is 18.0 Å². The molecule has 1 aromatic rings. The Morgan fingerprint density at radius 3 is 2.32 bits per heavy atom. The molecule has 4 aliphatic carbocycles. The molecule has 0 aromatic carbocycles. The van der Waals surface area contributed by atoms with Crippen molar-refractivity contribution in [3.63, 3.8) is 0 Å². The van der Waals surface area contributed by atoms with Gasteiger partial charge in [0.05, 0.1) is 5.60 Å². The van der Waals surface area contributed by atoms with E-state index in [1.807, 2.05) is 6.20 Å². The first-order valence-corrected chi connectivity index (χ1v) is 8.92. The van der Waals surface area contributed by atoms with Crippen molar-refractivity contribution < 1.29 is 4.74 Å². The van der Waals surface area contributed by atoms with Crippen molar-refractivity contribution in [3.8, 4) is 0 Å². The van der Waals surface area contributed by atoms with E-state index in [2.05, 4.69) is 43.5 Å². The summed E-state index contributed by atoms with van der Waals surface area (Å²) in [6.07, 6.45) is 9.80. The second-order valence-corrected chi connectivity index (χ2v) is 9.43. The molecule has 4 aliphatic rings. The molecule has 22 heavy (non-hydrogen) atoms. The van der Waals surface area contributed by atoms with Crippen molar-refractivity contribution in [2.45, 2.75) is 78.4 Å². The molecule has 0 spiro atoms. The van der Waals surface area contributed by atoms with Crippen molar-refractivity contribution in [2.75, 3.05) is 6.61 Å². The first-order valence-electron chi connectivity index (χ1n) is 8.92. The van der Waals surface area contributed by atoms with Crippen LogP contribution in [0.25, 0.3) is 0 Å². The Labute approximate surface area is 134 Å². The highest BCUT2D eigenvalue weighted by atomic mass is 16.5. The summed E-state index contributed by atoms with van der Waals surface area (Å²) >= 11 is 0. The van der Waals surface area contributed by atoms with Crippen LogP contribution < -0.4 is 0 Å². The van der Waals surface area contributed by atoms with E-state index in [9.17, 15) is 0 Å². The van der Waals surface area contributed by atoms with E-state index in [0.717, 1.165) is 13.2 Å². The maximum Gasteiger partial charge on any atom is 0.0698 e. The van der Waals surface area contributed by atoms with Gasteiger partial charge in [-0.05, 0) is 74.7 Å². The molecule has 4 bridgehead atoms. The van der Waals surface area contributed by atoms with E-state index in [4.69, 9.17) is 4.74 Å². The molecule has 0 saturated heterocycles. The van der Waals surface area contributed by atoms with Crippen LogP contribution in [0.4, 0.5) is 0 Å². The lowest BCUT2D eigenvalue weighted by Crippen LogP contribution is -2.64. The Balaban J connectivity index is 1.72. The number of ether oxygens (including phenoxy) is 1. The number of rotatable bonds is 4. The minimum Gasteiger partial charge on any atom is -0.375 e. The maximum atomic E-state index is 6.42. The third-order valence-electron chi connectivity index (χ3n) is 6.52. The highest BCUT2D eigenvalue weighted by Crippen LogP contribution is 2.71. The summed E-state index contributed by atoms with van der Waals surface area (Å²) in [6.45, 7) is 11.3. The Hall–Kier alpha value is -0.830. The fraction of sp³-hybridized carbons (Fsp3) is 0.842. The van der Waals surface area contributed by atoms with Gasteiger partial charge in [0.15, 0.2) is 0 Å². The van der Waals surface area contributed by atoms with Gasteiger partial charge in [-0.2, -0.15) is 5.10 Å². The van der Waals surface area contributed by atoms with Gasteiger partial charge in [0.1, 0.15) is 0 Å². The minimum atomic E-state index is 0.133. The minimum absolute atomic E-state index is 0.133. The van der Waals surface area contributed by atoms with Crippen molar-refractivity contribution in [1.82, 2.24) is 9.78 Å². The van der Waals surface area contributed by atoms with E-state index >= 15 is 0 Å². The summed E-state index contributed by atoms with van der Waals surface area (Å²) in [5.74, 6) is 0. The molecule has 4 saturated carbocycles. The molecule has 122 valence electrons. The van der Waals surface area contributed by atoms with Gasteiger partial charge in [-0.25, -0.2) is 0 Å². The van der Waals surface area contributed by atoms with Crippen molar-refractivity contribution in [1.29, 1.82) is 0 Å². The molecular weight excluding hydrogens is 272 g/mol. The SMILES string of the molecule is CCOC12CC3(C)CC(C)(CC(Cn4nccc4C)(C3)C1)C2. The van der Waals surface area contributed by atoms with Crippen LogP contribution in [0.15, 0.2) is 12.3 Å². The predicted octanol–water partition coefficient (Wildman–Crippen LogP) is 4.35. The largest absolute Gasteiger partial charge is 0.375 e. The average molecular weight is 302 g/mol. The zero-order valence-corrected chi connectivity index (χ0v) is 14.6. The van der Waals surface area contributed by atoms with E-state index in [0.29, 0.717) is 16.2 Å². The van der Waals surface area contributed by atoms with Crippen LogP contribution in [-0.2, 0) is 11.3 Å². The van der Waals surface area contributed by atoms with Gasteiger partial charge in [-0.3, -0.25) is 4.68 Å². The van der Waals surface area contributed by atoms with Crippen LogP contribution in [0.2, 0.25) is 0 Å². The Morgan fingerprint density at radius 2 is 1.77 bits per heavy atom. The van der Waals surface area contributed by atoms with Crippen LogP contribution in [-0.4, -0.2) is 22.0 Å². The summed E-state index contributed by atoms with van der Waals surface area (Å²) in [7, 11) is 0. The quantitative estimate of drug-likeness (QED) is 0.827. The van der Waals surface area contributed by atoms with Crippen LogP contribution in [0.1, 0.15) is 65.0 Å². The Bertz CT molecular complexity index is 572. The number of hydrogen-bond donors (Lipinski definition) is 0. The zero-order chi connectivity index (χ0) is 15.6. The first kappa shape index (κ1) is 14.7. The number of aryl methyl sites for hydroxylation is 1. The van der Waals surface area contributed by atoms with Gasteiger partial charge >= 0.3 is 0 Å². The molecule has 4 fully saturated rings. The first-order chi connectivity index (χ1) is 10.3. The number of hydrogen-bond acceptors (Lipinski definition) is 2. The van der Waals surface area contributed by atoms with Gasteiger partial charge in [-0.15, -0.1) is 0 Å².